The smallest absolute Gasteiger partial charge is 0.347 e. The molecule has 1 heterocycles. The molecule has 0 aliphatic carbocycles. The van der Waals surface area contributed by atoms with E-state index in [1.54, 1.807) is 36.4 Å². The predicted molar refractivity (Wildman–Crippen MR) is 160 cm³/mol. The molecule has 5 rings (SSSR count). The Morgan fingerprint density at radius 2 is 1.54 bits per heavy atom. The number of nitrogens with zero attached hydrogens (tertiary/aromatic N) is 1. The number of amides is 1. The number of hydrazone groups is 1. The molecule has 0 aliphatic heterocycles. The van der Waals surface area contributed by atoms with Gasteiger partial charge in [0.15, 0.2) is 11.5 Å². The summed E-state index contributed by atoms with van der Waals surface area (Å²) in [7, 11) is 2.90. The molecule has 0 saturated carbocycles. The summed E-state index contributed by atoms with van der Waals surface area (Å²) in [5, 5.41) is 5.87. The summed E-state index contributed by atoms with van der Waals surface area (Å²) in [5.41, 5.74) is 6.04. The molecule has 0 radical (unpaired) electrons. The molecule has 1 amide bonds. The van der Waals surface area contributed by atoms with Crippen molar-refractivity contribution in [2.75, 3.05) is 14.2 Å². The molecule has 0 fully saturated rings. The molecule has 2 N–H and O–H groups in total. The van der Waals surface area contributed by atoms with Crippen molar-refractivity contribution in [3.05, 3.63) is 112 Å². The number of aromatic amines is 1. The van der Waals surface area contributed by atoms with E-state index in [0.29, 0.717) is 27.1 Å². The number of ether oxygens (including phenoxy) is 3. The Kier molecular flexibility index (Phi) is 8.24. The number of hydrogen-bond acceptors (Lipinski definition) is 6. The van der Waals surface area contributed by atoms with Crippen LogP contribution in [0.2, 0.25) is 10.0 Å². The van der Waals surface area contributed by atoms with Gasteiger partial charge in [0.25, 0.3) is 5.91 Å². The third-order valence-corrected chi connectivity index (χ3v) is 6.67. The molecular formula is C31H23Cl2N3O5. The first-order valence-electron chi connectivity index (χ1n) is 12.3. The fourth-order valence-corrected chi connectivity index (χ4v) is 4.65. The van der Waals surface area contributed by atoms with Crippen LogP contribution in [0.5, 0.6) is 17.2 Å². The van der Waals surface area contributed by atoms with E-state index in [0.717, 1.165) is 22.0 Å². The van der Waals surface area contributed by atoms with Crippen LogP contribution in [0.15, 0.2) is 90.0 Å². The van der Waals surface area contributed by atoms with E-state index in [9.17, 15) is 9.59 Å². The Hall–Kier alpha value is -4.79. The summed E-state index contributed by atoms with van der Waals surface area (Å²) < 4.78 is 16.2. The third kappa shape index (κ3) is 6.04. The highest BCUT2D eigenvalue weighted by Gasteiger charge is 2.20. The first kappa shape index (κ1) is 27.8. The topological polar surface area (TPSA) is 102 Å². The van der Waals surface area contributed by atoms with Gasteiger partial charge < -0.3 is 19.2 Å². The van der Waals surface area contributed by atoms with Gasteiger partial charge in [0.05, 0.1) is 20.4 Å². The second kappa shape index (κ2) is 12.2. The van der Waals surface area contributed by atoms with E-state index in [1.807, 2.05) is 42.5 Å². The van der Waals surface area contributed by atoms with Crippen LogP contribution in [0.4, 0.5) is 0 Å². The molecule has 0 atom stereocenters. The van der Waals surface area contributed by atoms with Gasteiger partial charge in [-0.15, -0.1) is 0 Å². The van der Waals surface area contributed by atoms with Gasteiger partial charge in [0, 0.05) is 26.5 Å². The van der Waals surface area contributed by atoms with Crippen LogP contribution in [-0.4, -0.2) is 37.3 Å². The van der Waals surface area contributed by atoms with Crippen molar-refractivity contribution in [3.63, 3.8) is 0 Å². The maximum atomic E-state index is 13.2. The van der Waals surface area contributed by atoms with Crippen molar-refractivity contribution in [2.24, 2.45) is 5.10 Å². The lowest BCUT2D eigenvalue weighted by Crippen LogP contribution is -2.18. The third-order valence-electron chi connectivity index (χ3n) is 6.20. The summed E-state index contributed by atoms with van der Waals surface area (Å²) in [5.74, 6) is -0.296. The fraction of sp³-hybridized carbons (Fsp3) is 0.0645. The summed E-state index contributed by atoms with van der Waals surface area (Å²) in [4.78, 5) is 29.2. The van der Waals surface area contributed by atoms with Crippen molar-refractivity contribution < 1.29 is 23.8 Å². The van der Waals surface area contributed by atoms with Gasteiger partial charge in [0.1, 0.15) is 17.0 Å². The minimum atomic E-state index is -0.662. The van der Waals surface area contributed by atoms with Crippen LogP contribution in [0, 0.1) is 0 Å². The molecule has 0 aliphatic rings. The number of carbonyl (C=O) groups is 2. The molecule has 0 unspecified atom stereocenters. The van der Waals surface area contributed by atoms with E-state index in [2.05, 4.69) is 15.5 Å². The van der Waals surface area contributed by atoms with Crippen LogP contribution in [0.3, 0.4) is 0 Å². The SMILES string of the molecule is COc1cc(C=NNC(=O)c2[nH]c3ccc(Cl)cc3c2-c2ccccc2)ccc1OC(=O)c1cc(Cl)ccc1OC. The lowest BCUT2D eigenvalue weighted by Gasteiger charge is -2.12. The largest absolute Gasteiger partial charge is 0.496 e. The van der Waals surface area contributed by atoms with Gasteiger partial charge in [-0.2, -0.15) is 5.10 Å². The molecule has 8 nitrogen and oxygen atoms in total. The van der Waals surface area contributed by atoms with E-state index < -0.39 is 11.9 Å². The maximum absolute atomic E-state index is 13.2. The number of fused-ring (bicyclic) bond motifs is 1. The summed E-state index contributed by atoms with van der Waals surface area (Å²) in [6, 6.07) is 24.5. The Balaban J connectivity index is 1.35. The van der Waals surface area contributed by atoms with E-state index in [-0.39, 0.29) is 17.1 Å². The number of esters is 1. The molecule has 5 aromatic rings. The second-order valence-electron chi connectivity index (χ2n) is 8.77. The van der Waals surface area contributed by atoms with Crippen LogP contribution in [-0.2, 0) is 0 Å². The van der Waals surface area contributed by atoms with Crippen LogP contribution in [0.1, 0.15) is 26.4 Å². The number of H-pyrrole nitrogens is 1. The molecule has 206 valence electrons. The molecule has 0 spiro atoms. The maximum Gasteiger partial charge on any atom is 0.347 e. The highest BCUT2D eigenvalue weighted by Crippen LogP contribution is 2.34. The quantitative estimate of drug-likeness (QED) is 0.0869. The van der Waals surface area contributed by atoms with Gasteiger partial charge in [0.2, 0.25) is 0 Å². The predicted octanol–water partition coefficient (Wildman–Crippen LogP) is 7.14. The van der Waals surface area contributed by atoms with Crippen molar-refractivity contribution >= 4 is 52.2 Å². The molecule has 10 heteroatoms. The van der Waals surface area contributed by atoms with Gasteiger partial charge in [-0.25, -0.2) is 10.2 Å². The van der Waals surface area contributed by atoms with E-state index >= 15 is 0 Å². The van der Waals surface area contributed by atoms with Crippen molar-refractivity contribution in [1.82, 2.24) is 10.4 Å². The van der Waals surface area contributed by atoms with Gasteiger partial charge in [-0.1, -0.05) is 53.5 Å². The standard InChI is InChI=1S/C31H23Cl2N3O5/c1-39-25-13-10-21(33)16-23(25)31(38)41-26-12-8-18(14-27(26)40-2)17-34-36-30(37)29-28(19-6-4-3-5-7-19)22-15-20(32)9-11-24(22)35-29/h3-17,35H,1-2H3,(H,36,37). The van der Waals surface area contributed by atoms with Crippen molar-refractivity contribution in [1.29, 1.82) is 0 Å². The minimum Gasteiger partial charge on any atom is -0.496 e. The zero-order valence-electron chi connectivity index (χ0n) is 21.9. The zero-order valence-corrected chi connectivity index (χ0v) is 23.4. The monoisotopic (exact) mass is 587 g/mol. The molecule has 4 aromatic carbocycles. The van der Waals surface area contributed by atoms with Gasteiger partial charge in [-0.05, 0) is 65.7 Å². The fourth-order valence-electron chi connectivity index (χ4n) is 4.30. The molecule has 41 heavy (non-hydrogen) atoms. The Bertz CT molecular complexity index is 1780. The Labute approximate surface area is 245 Å². The van der Waals surface area contributed by atoms with E-state index in [1.165, 1.54) is 26.5 Å². The number of nitrogens with one attached hydrogen (secondary N) is 2. The lowest BCUT2D eigenvalue weighted by atomic mass is 10.0. The highest BCUT2D eigenvalue weighted by molar-refractivity contribution is 6.31. The number of halogens is 2. The minimum absolute atomic E-state index is 0.171. The normalized spacial score (nSPS) is 11.0. The average Bonchev–Trinajstić information content (AvgIpc) is 3.37. The number of benzene rings is 4. The summed E-state index contributed by atoms with van der Waals surface area (Å²) in [6.07, 6.45) is 1.45. The number of hydrogen-bond donors (Lipinski definition) is 2. The zero-order chi connectivity index (χ0) is 28.9. The van der Waals surface area contributed by atoms with E-state index in [4.69, 9.17) is 37.4 Å². The number of rotatable bonds is 8. The van der Waals surface area contributed by atoms with Crippen molar-refractivity contribution in [3.8, 4) is 28.4 Å². The molecule has 0 saturated heterocycles. The average molecular weight is 588 g/mol. The van der Waals surface area contributed by atoms with Gasteiger partial charge >= 0.3 is 5.97 Å². The Morgan fingerprint density at radius 1 is 0.829 bits per heavy atom. The summed E-state index contributed by atoms with van der Waals surface area (Å²) >= 11 is 12.3. The molecular weight excluding hydrogens is 565 g/mol. The van der Waals surface area contributed by atoms with Crippen LogP contribution in [0.25, 0.3) is 22.0 Å². The second-order valence-corrected chi connectivity index (χ2v) is 9.65. The number of methoxy groups -OCH3 is 2. The first-order valence-corrected chi connectivity index (χ1v) is 13.1. The number of aromatic nitrogens is 1. The Morgan fingerprint density at radius 3 is 2.29 bits per heavy atom. The lowest BCUT2D eigenvalue weighted by molar-refractivity contribution is 0.0726. The van der Waals surface area contributed by atoms with Crippen LogP contribution >= 0.6 is 23.2 Å². The molecule has 1 aromatic heterocycles. The van der Waals surface area contributed by atoms with Gasteiger partial charge in [-0.3, -0.25) is 4.79 Å². The van der Waals surface area contributed by atoms with Crippen LogP contribution < -0.4 is 19.6 Å². The number of carbonyl (C=O) groups excluding carboxylic acids is 2. The molecule has 0 bridgehead atoms. The summed E-state index contributed by atoms with van der Waals surface area (Å²) in [6.45, 7) is 0. The highest BCUT2D eigenvalue weighted by atomic mass is 35.5. The van der Waals surface area contributed by atoms with Crippen molar-refractivity contribution in [2.45, 2.75) is 0 Å². The first-order chi connectivity index (χ1) is 19.9.